The summed E-state index contributed by atoms with van der Waals surface area (Å²) in [6.07, 6.45) is 2.42. The fraction of sp³-hybridized carbons (Fsp3) is 0.333. The zero-order valence-electron chi connectivity index (χ0n) is 16.9. The molecule has 0 bridgehead atoms. The number of nitrogens with zero attached hydrogens (tertiary/aromatic N) is 2. The molecule has 3 nitrogen and oxygen atoms in total. The highest BCUT2D eigenvalue weighted by atomic mass is 32.2. The Bertz CT molecular complexity index is 844. The summed E-state index contributed by atoms with van der Waals surface area (Å²) in [4.78, 5) is 5.33. The smallest absolute Gasteiger partial charge is 0.118 e. The number of ether oxygens (including phenoxy) is 1. The van der Waals surface area contributed by atoms with E-state index in [0.29, 0.717) is 6.04 Å². The molecule has 3 aromatic rings. The number of likely N-dealkylation sites (tertiary alicyclic amines) is 1. The zero-order valence-corrected chi connectivity index (χ0v) is 18.5. The highest BCUT2D eigenvalue weighted by molar-refractivity contribution is 7.97. The predicted molar refractivity (Wildman–Crippen MR) is 123 cm³/mol. The van der Waals surface area contributed by atoms with Crippen LogP contribution in [0.3, 0.4) is 0 Å². The Hall–Kier alpha value is -1.79. The minimum Gasteiger partial charge on any atom is -0.497 e. The van der Waals surface area contributed by atoms with E-state index in [4.69, 9.17) is 4.74 Å². The molecule has 1 aliphatic rings. The quantitative estimate of drug-likeness (QED) is 0.416. The van der Waals surface area contributed by atoms with Crippen LogP contribution in [-0.4, -0.2) is 35.4 Å². The highest BCUT2D eigenvalue weighted by Gasteiger charge is 2.26. The van der Waals surface area contributed by atoms with Gasteiger partial charge in [0.15, 0.2) is 0 Å². The van der Waals surface area contributed by atoms with Gasteiger partial charge in [-0.2, -0.15) is 0 Å². The summed E-state index contributed by atoms with van der Waals surface area (Å²) in [5, 5.41) is 2.18. The third kappa shape index (κ3) is 5.86. The van der Waals surface area contributed by atoms with Crippen molar-refractivity contribution in [2.75, 3.05) is 20.2 Å². The first-order valence-electron chi connectivity index (χ1n) is 10.2. The fourth-order valence-electron chi connectivity index (χ4n) is 3.76. The Morgan fingerprint density at radius 1 is 1.00 bits per heavy atom. The van der Waals surface area contributed by atoms with Gasteiger partial charge in [0.05, 0.1) is 7.11 Å². The van der Waals surface area contributed by atoms with E-state index in [-0.39, 0.29) is 0 Å². The molecule has 1 saturated heterocycles. The molecule has 1 fully saturated rings. The van der Waals surface area contributed by atoms with Crippen LogP contribution in [0, 0.1) is 0 Å². The molecule has 2 heterocycles. The van der Waals surface area contributed by atoms with Crippen molar-refractivity contribution in [2.45, 2.75) is 36.9 Å². The molecular weight excluding hydrogens is 396 g/mol. The lowest BCUT2D eigenvalue weighted by atomic mass is 10.0. The number of rotatable bonds is 8. The van der Waals surface area contributed by atoms with Crippen molar-refractivity contribution in [3.8, 4) is 5.75 Å². The van der Waals surface area contributed by atoms with E-state index in [9.17, 15) is 0 Å². The van der Waals surface area contributed by atoms with E-state index >= 15 is 0 Å². The lowest BCUT2D eigenvalue weighted by molar-refractivity contribution is 0.158. The number of hydrogen-bond acceptors (Lipinski definition) is 5. The molecule has 1 aliphatic heterocycles. The molecule has 0 aliphatic carbocycles. The molecule has 4 rings (SSSR count). The average Bonchev–Trinajstić information content (AvgIpc) is 3.28. The second-order valence-corrected chi connectivity index (χ2v) is 9.57. The average molecular weight is 425 g/mol. The summed E-state index contributed by atoms with van der Waals surface area (Å²) in [6.45, 7) is 4.38. The number of benzene rings is 2. The minimum absolute atomic E-state index is 0.585. The maximum Gasteiger partial charge on any atom is 0.118 e. The van der Waals surface area contributed by atoms with Crippen molar-refractivity contribution in [3.05, 3.63) is 82.6 Å². The SMILES string of the molecule is COc1ccc(SN(Cc2ccccc2)C2CCN(Cc3cccs3)CC2)cc1. The Labute approximate surface area is 182 Å². The van der Waals surface area contributed by atoms with Gasteiger partial charge in [0, 0.05) is 42.0 Å². The van der Waals surface area contributed by atoms with Crippen molar-refractivity contribution in [2.24, 2.45) is 0 Å². The molecule has 2 aromatic carbocycles. The number of methoxy groups -OCH3 is 1. The molecule has 0 unspecified atom stereocenters. The summed E-state index contributed by atoms with van der Waals surface area (Å²) in [5.74, 6) is 0.908. The van der Waals surface area contributed by atoms with E-state index in [1.165, 1.54) is 28.2 Å². The molecule has 29 heavy (non-hydrogen) atoms. The van der Waals surface area contributed by atoms with Crippen molar-refractivity contribution in [1.29, 1.82) is 0 Å². The Balaban J connectivity index is 1.41. The molecule has 5 heteroatoms. The third-order valence-electron chi connectivity index (χ3n) is 5.39. The maximum atomic E-state index is 5.31. The van der Waals surface area contributed by atoms with Crippen molar-refractivity contribution in [3.63, 3.8) is 0 Å². The van der Waals surface area contributed by atoms with Gasteiger partial charge in [-0.3, -0.25) is 4.90 Å². The van der Waals surface area contributed by atoms with E-state index < -0.39 is 0 Å². The minimum atomic E-state index is 0.585. The van der Waals surface area contributed by atoms with Gasteiger partial charge in [-0.1, -0.05) is 36.4 Å². The van der Waals surface area contributed by atoms with Gasteiger partial charge in [-0.25, -0.2) is 4.31 Å². The molecule has 0 spiro atoms. The van der Waals surface area contributed by atoms with Crippen molar-refractivity contribution >= 4 is 23.3 Å². The van der Waals surface area contributed by atoms with Crippen molar-refractivity contribution in [1.82, 2.24) is 9.21 Å². The van der Waals surface area contributed by atoms with Crippen molar-refractivity contribution < 1.29 is 4.74 Å². The maximum absolute atomic E-state index is 5.31. The van der Waals surface area contributed by atoms with Crippen LogP contribution in [0.1, 0.15) is 23.3 Å². The zero-order chi connectivity index (χ0) is 19.9. The van der Waals surface area contributed by atoms with Crippen LogP contribution in [0.4, 0.5) is 0 Å². The lowest BCUT2D eigenvalue weighted by Crippen LogP contribution is -2.41. The van der Waals surface area contributed by atoms with Gasteiger partial charge in [0.2, 0.25) is 0 Å². The normalized spacial score (nSPS) is 15.7. The highest BCUT2D eigenvalue weighted by Crippen LogP contribution is 2.32. The number of piperidine rings is 1. The standard InChI is InChI=1S/C24H28N2OS2/c1-27-22-9-11-23(12-10-22)29-26(18-20-6-3-2-4-7-20)21-13-15-25(16-14-21)19-24-8-5-17-28-24/h2-12,17,21H,13-16,18-19H2,1H3. The summed E-state index contributed by atoms with van der Waals surface area (Å²) >= 11 is 3.74. The van der Waals surface area contributed by atoms with E-state index in [0.717, 1.165) is 31.9 Å². The van der Waals surface area contributed by atoms with Crippen LogP contribution in [0.15, 0.2) is 77.0 Å². The monoisotopic (exact) mass is 424 g/mol. The molecule has 0 radical (unpaired) electrons. The van der Waals surface area contributed by atoms with Gasteiger partial charge in [-0.05, 0) is 66.1 Å². The largest absolute Gasteiger partial charge is 0.497 e. The summed E-state index contributed by atoms with van der Waals surface area (Å²) in [6, 6.07) is 24.2. The van der Waals surface area contributed by atoms with E-state index in [2.05, 4.69) is 69.2 Å². The summed E-state index contributed by atoms with van der Waals surface area (Å²) < 4.78 is 7.90. The van der Waals surface area contributed by atoms with Crippen LogP contribution >= 0.6 is 23.3 Å². The summed E-state index contributed by atoms with van der Waals surface area (Å²) in [7, 11) is 1.72. The van der Waals surface area contributed by atoms with Crippen LogP contribution in [0.5, 0.6) is 5.75 Å². The molecule has 0 atom stereocenters. The fourth-order valence-corrected chi connectivity index (χ4v) is 5.61. The number of hydrogen-bond donors (Lipinski definition) is 0. The Morgan fingerprint density at radius 2 is 1.76 bits per heavy atom. The first kappa shape index (κ1) is 20.5. The second-order valence-electron chi connectivity index (χ2n) is 7.41. The lowest BCUT2D eigenvalue weighted by Gasteiger charge is -2.37. The van der Waals surface area contributed by atoms with Crippen LogP contribution in [0.25, 0.3) is 0 Å². The first-order valence-corrected chi connectivity index (χ1v) is 11.8. The second kappa shape index (κ2) is 10.3. The molecule has 152 valence electrons. The Kier molecular flexibility index (Phi) is 7.28. The predicted octanol–water partition coefficient (Wildman–Crippen LogP) is 5.93. The van der Waals surface area contributed by atoms with Crippen LogP contribution in [0.2, 0.25) is 0 Å². The molecule has 0 amide bonds. The molecule has 0 N–H and O–H groups in total. The van der Waals surface area contributed by atoms with Gasteiger partial charge in [0.1, 0.15) is 5.75 Å². The first-order chi connectivity index (χ1) is 14.3. The van der Waals surface area contributed by atoms with Gasteiger partial charge in [0.25, 0.3) is 0 Å². The van der Waals surface area contributed by atoms with Gasteiger partial charge < -0.3 is 4.74 Å². The topological polar surface area (TPSA) is 15.7 Å². The van der Waals surface area contributed by atoms with E-state index in [1.807, 2.05) is 35.4 Å². The third-order valence-corrected chi connectivity index (χ3v) is 7.39. The molecule has 0 saturated carbocycles. The molecular formula is C24H28N2OS2. The summed E-state index contributed by atoms with van der Waals surface area (Å²) in [5.41, 5.74) is 1.37. The number of thiophene rings is 1. The molecule has 1 aromatic heterocycles. The van der Waals surface area contributed by atoms with E-state index in [1.54, 1.807) is 7.11 Å². The van der Waals surface area contributed by atoms with Crippen LogP contribution < -0.4 is 4.74 Å². The Morgan fingerprint density at radius 3 is 2.41 bits per heavy atom. The van der Waals surface area contributed by atoms with Gasteiger partial charge in [-0.15, -0.1) is 11.3 Å². The van der Waals surface area contributed by atoms with Crippen LogP contribution in [-0.2, 0) is 13.1 Å². The van der Waals surface area contributed by atoms with Gasteiger partial charge >= 0.3 is 0 Å².